The van der Waals surface area contributed by atoms with Gasteiger partial charge in [0.2, 0.25) is 0 Å². The Hall–Kier alpha value is -1.10. The number of benzene rings is 1. The van der Waals surface area contributed by atoms with Crippen molar-refractivity contribution < 1.29 is 14.9 Å². The van der Waals surface area contributed by atoms with Gasteiger partial charge in [-0.1, -0.05) is 56.4 Å². The summed E-state index contributed by atoms with van der Waals surface area (Å²) < 4.78 is 5.15. The van der Waals surface area contributed by atoms with Crippen molar-refractivity contribution in [3.63, 3.8) is 0 Å². The highest BCUT2D eigenvalue weighted by Crippen LogP contribution is 2.27. The van der Waals surface area contributed by atoms with Crippen molar-refractivity contribution in [1.82, 2.24) is 0 Å². The van der Waals surface area contributed by atoms with Crippen LogP contribution >= 0.6 is 0 Å². The normalized spacial score (nSPS) is 15.3. The number of methoxy groups -OCH3 is 1. The molecule has 0 aliphatic heterocycles. The maximum Gasteiger partial charge on any atom is 0.118 e. The highest BCUT2D eigenvalue weighted by Gasteiger charge is 2.17. The lowest BCUT2D eigenvalue weighted by Gasteiger charge is -2.20. The Morgan fingerprint density at radius 2 is 1.74 bits per heavy atom. The molecule has 0 aromatic heterocycles. The number of hydrogen-bond acceptors (Lipinski definition) is 3. The van der Waals surface area contributed by atoms with Gasteiger partial charge in [-0.25, -0.2) is 0 Å². The molecule has 1 rings (SSSR count). The lowest BCUT2D eigenvalue weighted by atomic mass is 9.97. The van der Waals surface area contributed by atoms with E-state index in [0.717, 1.165) is 24.2 Å². The fraction of sp³-hybridized carbons (Fsp3) is 0.579. The molecule has 0 fully saturated rings. The van der Waals surface area contributed by atoms with Gasteiger partial charge >= 0.3 is 0 Å². The summed E-state index contributed by atoms with van der Waals surface area (Å²) in [6.45, 7) is 8.91. The van der Waals surface area contributed by atoms with Crippen LogP contribution in [0.2, 0.25) is 19.6 Å². The van der Waals surface area contributed by atoms with Crippen LogP contribution in [0.25, 0.3) is 0 Å². The Kier molecular flexibility index (Phi) is 8.03. The third-order valence-electron chi connectivity index (χ3n) is 3.71. The Balaban J connectivity index is 2.83. The van der Waals surface area contributed by atoms with Gasteiger partial charge in [0.05, 0.1) is 27.4 Å². The average Bonchev–Trinajstić information content (AvgIpc) is 2.45. The number of aliphatic hydroxyl groups excluding tert-OH is 2. The maximum atomic E-state index is 10.5. The Labute approximate surface area is 142 Å². The van der Waals surface area contributed by atoms with Gasteiger partial charge in [-0.3, -0.25) is 0 Å². The number of hydrogen-bond donors (Lipinski definition) is 2. The van der Waals surface area contributed by atoms with Crippen LogP contribution in [0, 0.1) is 0 Å². The van der Waals surface area contributed by atoms with Crippen LogP contribution in [-0.4, -0.2) is 31.5 Å². The molecule has 0 radical (unpaired) electrons. The van der Waals surface area contributed by atoms with Crippen LogP contribution < -0.4 is 4.74 Å². The smallest absolute Gasteiger partial charge is 0.118 e. The van der Waals surface area contributed by atoms with Crippen molar-refractivity contribution in [2.45, 2.75) is 64.5 Å². The first-order valence-corrected chi connectivity index (χ1v) is 12.0. The van der Waals surface area contributed by atoms with E-state index in [1.807, 2.05) is 24.3 Å². The zero-order chi connectivity index (χ0) is 17.5. The van der Waals surface area contributed by atoms with Crippen LogP contribution in [0.1, 0.15) is 44.3 Å². The molecule has 2 unspecified atom stereocenters. The molecule has 2 N–H and O–H groups in total. The molecule has 0 saturated heterocycles. The minimum Gasteiger partial charge on any atom is -0.497 e. The van der Waals surface area contributed by atoms with E-state index in [4.69, 9.17) is 4.74 Å². The van der Waals surface area contributed by atoms with E-state index < -0.39 is 14.2 Å². The molecular formula is C19H32O3Si. The Bertz CT molecular complexity index is 488. The van der Waals surface area contributed by atoms with E-state index in [1.165, 1.54) is 5.57 Å². The molecular weight excluding hydrogens is 304 g/mol. The highest BCUT2D eigenvalue weighted by molar-refractivity contribution is 6.81. The minimum absolute atomic E-state index is 0.314. The molecule has 1 aromatic carbocycles. The van der Waals surface area contributed by atoms with Crippen LogP contribution in [0.5, 0.6) is 5.75 Å². The van der Waals surface area contributed by atoms with E-state index in [1.54, 1.807) is 7.11 Å². The Morgan fingerprint density at radius 3 is 2.22 bits per heavy atom. The second kappa shape index (κ2) is 9.26. The zero-order valence-electron chi connectivity index (χ0n) is 15.2. The summed E-state index contributed by atoms with van der Waals surface area (Å²) in [7, 11) is 0.237. The summed E-state index contributed by atoms with van der Waals surface area (Å²) in [5.74, 6) is 0.789. The maximum absolute atomic E-state index is 10.5. The van der Waals surface area contributed by atoms with Gasteiger partial charge in [-0.05, 0) is 37.0 Å². The SMILES string of the molecule is CCCC(O)C/C(=C/[Si](C)(C)C)CC(O)c1ccc(OC)cc1. The van der Waals surface area contributed by atoms with Crippen LogP contribution in [0.4, 0.5) is 0 Å². The summed E-state index contributed by atoms with van der Waals surface area (Å²) >= 11 is 0. The largest absolute Gasteiger partial charge is 0.497 e. The molecule has 0 bridgehead atoms. The topological polar surface area (TPSA) is 49.7 Å². The first-order valence-electron chi connectivity index (χ1n) is 8.46. The van der Waals surface area contributed by atoms with Crippen molar-refractivity contribution in [2.75, 3.05) is 7.11 Å². The van der Waals surface area contributed by atoms with Crippen LogP contribution in [0.3, 0.4) is 0 Å². The fourth-order valence-electron chi connectivity index (χ4n) is 2.74. The van der Waals surface area contributed by atoms with E-state index >= 15 is 0 Å². The third-order valence-corrected chi connectivity index (χ3v) is 4.99. The summed E-state index contributed by atoms with van der Waals surface area (Å²) in [6.07, 6.45) is 2.16. The molecule has 3 nitrogen and oxygen atoms in total. The van der Waals surface area contributed by atoms with Gasteiger partial charge in [0, 0.05) is 0 Å². The second-order valence-corrected chi connectivity index (χ2v) is 12.3. The highest BCUT2D eigenvalue weighted by atomic mass is 28.3. The monoisotopic (exact) mass is 336 g/mol. The van der Waals surface area contributed by atoms with E-state index in [9.17, 15) is 10.2 Å². The summed E-state index contributed by atoms with van der Waals surface area (Å²) in [5.41, 5.74) is 4.38. The van der Waals surface area contributed by atoms with Crippen LogP contribution in [-0.2, 0) is 0 Å². The molecule has 0 amide bonds. The predicted octanol–water partition coefficient (Wildman–Crippen LogP) is 4.47. The van der Waals surface area contributed by atoms with E-state index in [2.05, 4.69) is 32.3 Å². The molecule has 130 valence electrons. The molecule has 23 heavy (non-hydrogen) atoms. The molecule has 2 atom stereocenters. The molecule has 4 heteroatoms. The standard InChI is InChI=1S/C19H32O3Si/c1-6-7-17(20)12-15(14-23(3,4)5)13-19(21)16-8-10-18(22-2)11-9-16/h8-11,14,17,19-21H,6-7,12-13H2,1-5H3/b15-14-. The average molecular weight is 337 g/mol. The molecule has 0 heterocycles. The third kappa shape index (κ3) is 7.82. The summed E-state index contributed by atoms with van der Waals surface area (Å²) in [5, 5.41) is 20.7. The minimum atomic E-state index is -1.40. The fourth-order valence-corrected chi connectivity index (χ4v) is 4.20. The van der Waals surface area contributed by atoms with E-state index in [0.29, 0.717) is 12.8 Å². The molecule has 0 aliphatic rings. The molecule has 0 aliphatic carbocycles. The zero-order valence-corrected chi connectivity index (χ0v) is 16.2. The second-order valence-electron chi connectivity index (χ2n) is 7.31. The van der Waals surface area contributed by atoms with Crippen molar-refractivity contribution in [3.05, 3.63) is 41.1 Å². The van der Waals surface area contributed by atoms with Crippen LogP contribution in [0.15, 0.2) is 35.5 Å². The van der Waals surface area contributed by atoms with Gasteiger partial charge in [-0.2, -0.15) is 0 Å². The molecule has 0 saturated carbocycles. The van der Waals surface area contributed by atoms with Gasteiger partial charge < -0.3 is 14.9 Å². The first kappa shape index (κ1) is 19.9. The predicted molar refractivity (Wildman–Crippen MR) is 99.5 cm³/mol. The quantitative estimate of drug-likeness (QED) is 0.654. The van der Waals surface area contributed by atoms with Crippen molar-refractivity contribution in [3.8, 4) is 5.75 Å². The van der Waals surface area contributed by atoms with Crippen molar-refractivity contribution in [2.24, 2.45) is 0 Å². The van der Waals surface area contributed by atoms with Crippen molar-refractivity contribution in [1.29, 1.82) is 0 Å². The lowest BCUT2D eigenvalue weighted by molar-refractivity contribution is 0.150. The van der Waals surface area contributed by atoms with Gasteiger partial charge in [0.1, 0.15) is 5.75 Å². The number of aliphatic hydroxyl groups is 2. The molecule has 1 aromatic rings. The number of ether oxygens (including phenoxy) is 1. The number of rotatable bonds is 9. The lowest BCUT2D eigenvalue weighted by Crippen LogP contribution is -2.19. The van der Waals surface area contributed by atoms with Gasteiger partial charge in [0.25, 0.3) is 0 Å². The molecule has 0 spiro atoms. The summed E-state index contributed by atoms with van der Waals surface area (Å²) in [6, 6.07) is 7.54. The Morgan fingerprint density at radius 1 is 1.13 bits per heavy atom. The first-order chi connectivity index (χ1) is 10.7. The summed E-state index contributed by atoms with van der Waals surface area (Å²) in [4.78, 5) is 0. The van der Waals surface area contributed by atoms with E-state index in [-0.39, 0.29) is 6.10 Å². The van der Waals surface area contributed by atoms with Crippen molar-refractivity contribution >= 4 is 8.07 Å². The van der Waals surface area contributed by atoms with Gasteiger partial charge in [-0.15, -0.1) is 0 Å². The van der Waals surface area contributed by atoms with Gasteiger partial charge in [0.15, 0.2) is 0 Å².